The molecule has 0 saturated carbocycles. The van der Waals surface area contributed by atoms with Crippen molar-refractivity contribution in [3.8, 4) is 0 Å². The summed E-state index contributed by atoms with van der Waals surface area (Å²) in [6, 6.07) is 0.405. The lowest BCUT2D eigenvalue weighted by Crippen LogP contribution is -2.39. The van der Waals surface area contributed by atoms with E-state index < -0.39 is 5.60 Å². The lowest BCUT2D eigenvalue weighted by molar-refractivity contribution is 0.0100. The summed E-state index contributed by atoms with van der Waals surface area (Å²) in [7, 11) is 3.76. The quantitative estimate of drug-likeness (QED) is 0.819. The van der Waals surface area contributed by atoms with E-state index in [-0.39, 0.29) is 11.7 Å². The molecule has 0 bridgehead atoms. The maximum Gasteiger partial charge on any atom is 0.410 e. The molecule has 2 unspecified atom stereocenters. The first kappa shape index (κ1) is 19.2. The Bertz CT molecular complexity index is 363. The van der Waals surface area contributed by atoms with Crippen LogP contribution in [0.25, 0.3) is 0 Å². The minimum atomic E-state index is -0.430. The molecule has 0 spiro atoms. The van der Waals surface area contributed by atoms with Gasteiger partial charge in [0, 0.05) is 26.2 Å². The van der Waals surface area contributed by atoms with Crippen LogP contribution in [0.3, 0.4) is 0 Å². The molecule has 0 aromatic rings. The van der Waals surface area contributed by atoms with Crippen molar-refractivity contribution < 1.29 is 14.3 Å². The summed E-state index contributed by atoms with van der Waals surface area (Å²) < 4.78 is 11.0. The van der Waals surface area contributed by atoms with Crippen LogP contribution in [0.1, 0.15) is 53.9 Å². The zero-order chi connectivity index (χ0) is 17.0. The Morgan fingerprint density at radius 1 is 1.32 bits per heavy atom. The molecule has 130 valence electrons. The lowest BCUT2D eigenvalue weighted by Gasteiger charge is -2.29. The average molecular weight is 314 g/mol. The zero-order valence-corrected chi connectivity index (χ0v) is 15.4. The van der Waals surface area contributed by atoms with Crippen molar-refractivity contribution in [3.05, 3.63) is 0 Å². The number of amides is 1. The highest BCUT2D eigenvalue weighted by Crippen LogP contribution is 2.26. The number of nitrogens with zero attached hydrogens (tertiary/aromatic N) is 1. The van der Waals surface area contributed by atoms with Crippen LogP contribution in [0.5, 0.6) is 0 Å². The first-order valence-corrected chi connectivity index (χ1v) is 8.28. The van der Waals surface area contributed by atoms with Crippen LogP contribution in [0.2, 0.25) is 0 Å². The molecule has 1 amide bonds. The zero-order valence-electron chi connectivity index (χ0n) is 15.4. The number of methoxy groups -OCH3 is 1. The van der Waals surface area contributed by atoms with Crippen molar-refractivity contribution in [2.24, 2.45) is 5.92 Å². The van der Waals surface area contributed by atoms with Gasteiger partial charge in [-0.3, -0.25) is 0 Å². The minimum absolute atomic E-state index is 0.0987. The summed E-state index contributed by atoms with van der Waals surface area (Å²) in [6.45, 7) is 11.5. The van der Waals surface area contributed by atoms with Crippen LogP contribution >= 0.6 is 0 Å². The van der Waals surface area contributed by atoms with Gasteiger partial charge in [-0.2, -0.15) is 0 Å². The first-order valence-electron chi connectivity index (χ1n) is 8.28. The molecule has 1 saturated heterocycles. The van der Waals surface area contributed by atoms with Crippen molar-refractivity contribution in [2.45, 2.75) is 71.1 Å². The van der Waals surface area contributed by atoms with E-state index in [0.717, 1.165) is 32.4 Å². The summed E-state index contributed by atoms with van der Waals surface area (Å²) in [4.78, 5) is 14.0. The second-order valence-electron chi connectivity index (χ2n) is 7.87. The van der Waals surface area contributed by atoms with Gasteiger partial charge in [-0.15, -0.1) is 0 Å². The van der Waals surface area contributed by atoms with E-state index in [1.165, 1.54) is 0 Å². The molecule has 1 aliphatic rings. The van der Waals surface area contributed by atoms with Crippen LogP contribution in [-0.4, -0.2) is 55.5 Å². The monoisotopic (exact) mass is 314 g/mol. The summed E-state index contributed by atoms with van der Waals surface area (Å²) in [6.07, 6.45) is 2.88. The number of nitrogens with one attached hydrogen (secondary N) is 1. The van der Waals surface area contributed by atoms with Gasteiger partial charge >= 0.3 is 6.09 Å². The molecule has 2 atom stereocenters. The van der Waals surface area contributed by atoms with Gasteiger partial charge in [-0.25, -0.2) is 4.79 Å². The minimum Gasteiger partial charge on any atom is -0.444 e. The van der Waals surface area contributed by atoms with E-state index in [0.29, 0.717) is 12.0 Å². The highest BCUT2D eigenvalue weighted by Gasteiger charge is 2.34. The second-order valence-corrected chi connectivity index (χ2v) is 7.87. The molecular formula is C17H34N2O3. The first-order chi connectivity index (χ1) is 10.1. The predicted octanol–water partition coefficient (Wildman–Crippen LogP) is 3.04. The van der Waals surface area contributed by atoms with Gasteiger partial charge in [-0.1, -0.05) is 0 Å². The highest BCUT2D eigenvalue weighted by molar-refractivity contribution is 5.68. The van der Waals surface area contributed by atoms with E-state index in [9.17, 15) is 4.79 Å². The molecular weight excluding hydrogens is 280 g/mol. The summed E-state index contributed by atoms with van der Waals surface area (Å²) in [5.74, 6) is 0.477. The normalized spacial score (nSPS) is 21.0. The molecule has 0 aromatic heterocycles. The van der Waals surface area contributed by atoms with Crippen molar-refractivity contribution in [1.29, 1.82) is 0 Å². The number of carbonyl (C=O) groups excluding carboxylic acids is 1. The Kier molecular flexibility index (Phi) is 6.68. The largest absolute Gasteiger partial charge is 0.444 e. The van der Waals surface area contributed by atoms with Crippen molar-refractivity contribution in [1.82, 2.24) is 10.2 Å². The summed E-state index contributed by atoms with van der Waals surface area (Å²) >= 11 is 0. The molecule has 5 heteroatoms. The molecule has 0 aromatic carbocycles. The standard InChI is InChI=1S/C17H34N2O3/c1-16(2,3)22-15(20)19-11-9-13(12-19)14(18-6)8-10-17(4,5)21-7/h13-14,18H,8-12H2,1-7H3. The Labute approximate surface area is 135 Å². The Balaban J connectivity index is 2.51. The third-order valence-corrected chi connectivity index (χ3v) is 4.43. The summed E-state index contributed by atoms with van der Waals surface area (Å²) in [5.41, 5.74) is -0.529. The van der Waals surface area contributed by atoms with Gasteiger partial charge in [0.25, 0.3) is 0 Å². The van der Waals surface area contributed by atoms with Crippen molar-refractivity contribution >= 4 is 6.09 Å². The van der Waals surface area contributed by atoms with E-state index >= 15 is 0 Å². The predicted molar refractivity (Wildman–Crippen MR) is 89.1 cm³/mol. The Morgan fingerprint density at radius 2 is 1.95 bits per heavy atom. The van der Waals surface area contributed by atoms with Crippen LogP contribution in [0.4, 0.5) is 4.79 Å². The van der Waals surface area contributed by atoms with Gasteiger partial charge in [0.2, 0.25) is 0 Å². The molecule has 1 fully saturated rings. The fourth-order valence-corrected chi connectivity index (χ4v) is 2.83. The number of likely N-dealkylation sites (tertiary alicyclic amines) is 1. The molecule has 0 radical (unpaired) electrons. The number of hydrogen-bond donors (Lipinski definition) is 1. The lowest BCUT2D eigenvalue weighted by atomic mass is 9.90. The van der Waals surface area contributed by atoms with Gasteiger partial charge in [0.15, 0.2) is 0 Å². The third kappa shape index (κ3) is 6.13. The molecule has 1 heterocycles. The number of rotatable bonds is 6. The van der Waals surface area contributed by atoms with Gasteiger partial charge in [0.1, 0.15) is 5.60 Å². The van der Waals surface area contributed by atoms with Crippen LogP contribution in [0.15, 0.2) is 0 Å². The van der Waals surface area contributed by atoms with E-state index in [4.69, 9.17) is 9.47 Å². The smallest absolute Gasteiger partial charge is 0.410 e. The van der Waals surface area contributed by atoms with Crippen molar-refractivity contribution in [3.63, 3.8) is 0 Å². The molecule has 1 N–H and O–H groups in total. The second kappa shape index (κ2) is 7.64. The third-order valence-electron chi connectivity index (χ3n) is 4.43. The van der Waals surface area contributed by atoms with Gasteiger partial charge in [0.05, 0.1) is 5.60 Å². The van der Waals surface area contributed by atoms with Crippen LogP contribution in [-0.2, 0) is 9.47 Å². The molecule has 1 rings (SSSR count). The molecule has 1 aliphatic heterocycles. The van der Waals surface area contributed by atoms with Crippen LogP contribution < -0.4 is 5.32 Å². The molecule has 0 aliphatic carbocycles. The maximum absolute atomic E-state index is 12.1. The van der Waals surface area contributed by atoms with Crippen molar-refractivity contribution in [2.75, 3.05) is 27.2 Å². The fraction of sp³-hybridized carbons (Fsp3) is 0.941. The van der Waals surface area contributed by atoms with E-state index in [1.54, 1.807) is 7.11 Å². The average Bonchev–Trinajstić information content (AvgIpc) is 2.87. The van der Waals surface area contributed by atoms with Crippen LogP contribution in [0, 0.1) is 5.92 Å². The van der Waals surface area contributed by atoms with Gasteiger partial charge < -0.3 is 19.7 Å². The van der Waals surface area contributed by atoms with Gasteiger partial charge in [-0.05, 0) is 66.8 Å². The maximum atomic E-state index is 12.1. The summed E-state index contributed by atoms with van der Waals surface area (Å²) in [5, 5.41) is 3.41. The fourth-order valence-electron chi connectivity index (χ4n) is 2.83. The van der Waals surface area contributed by atoms with E-state index in [1.807, 2.05) is 32.7 Å². The number of hydrogen-bond acceptors (Lipinski definition) is 4. The number of carbonyl (C=O) groups is 1. The molecule has 22 heavy (non-hydrogen) atoms. The Hall–Kier alpha value is -0.810. The van der Waals surface area contributed by atoms with E-state index in [2.05, 4.69) is 19.2 Å². The number of ether oxygens (including phenoxy) is 2. The topological polar surface area (TPSA) is 50.8 Å². The SMILES string of the molecule is CNC(CCC(C)(C)OC)C1CCN(C(=O)OC(C)(C)C)C1. The molecule has 5 nitrogen and oxygen atoms in total. The Morgan fingerprint density at radius 3 is 2.45 bits per heavy atom. The highest BCUT2D eigenvalue weighted by atomic mass is 16.6.